The summed E-state index contributed by atoms with van der Waals surface area (Å²) >= 11 is 0. The topological polar surface area (TPSA) is 78.0 Å². The maximum absolute atomic E-state index is 13.9. The van der Waals surface area contributed by atoms with Crippen molar-refractivity contribution in [2.24, 2.45) is 0 Å². The highest BCUT2D eigenvalue weighted by molar-refractivity contribution is 6.09. The molecule has 4 aromatic carbocycles. The number of ether oxygens (including phenoxy) is 1. The number of hydrogen-bond acceptors (Lipinski definition) is 3. The van der Waals surface area contributed by atoms with Gasteiger partial charge in [0.15, 0.2) is 0 Å². The second-order valence-corrected chi connectivity index (χ2v) is 11.3. The fraction of sp³-hybridized carbons (Fsp3) is 0.270. The van der Waals surface area contributed by atoms with Gasteiger partial charge < -0.3 is 25.0 Å². The predicted molar refractivity (Wildman–Crippen MR) is 181 cm³/mol. The first-order valence-corrected chi connectivity index (χ1v) is 15.0. The van der Waals surface area contributed by atoms with Crippen LogP contribution in [0.5, 0.6) is 5.75 Å². The molecular formula is C37H42ClN3O3. The number of halogens is 1. The van der Waals surface area contributed by atoms with Crippen LogP contribution in [0, 0.1) is 6.92 Å². The van der Waals surface area contributed by atoms with E-state index in [1.54, 1.807) is 0 Å². The van der Waals surface area contributed by atoms with Crippen molar-refractivity contribution in [2.75, 3.05) is 19.6 Å². The number of fused-ring (bicyclic) bond motifs is 1. The molecule has 1 aliphatic rings. The fourth-order valence-corrected chi connectivity index (χ4v) is 6.04. The smallest absolute Gasteiger partial charge is 0.253 e. The lowest BCUT2D eigenvalue weighted by molar-refractivity contribution is 0.0912. The molecule has 0 saturated carbocycles. The number of carbonyl (C=O) groups is 1. The summed E-state index contributed by atoms with van der Waals surface area (Å²) in [5.41, 5.74) is 6.47. The molecule has 1 fully saturated rings. The molecule has 1 amide bonds. The maximum Gasteiger partial charge on any atom is 0.253 e. The number of amides is 1. The lowest BCUT2D eigenvalue weighted by Crippen LogP contribution is -2.45. The van der Waals surface area contributed by atoms with Crippen LogP contribution >= 0.6 is 12.4 Å². The first-order chi connectivity index (χ1) is 20.6. The average molecular weight is 612 g/mol. The molecule has 0 atom stereocenters. The van der Waals surface area contributed by atoms with Crippen LogP contribution in [0.15, 0.2) is 109 Å². The Hall–Kier alpha value is -4.10. The van der Waals surface area contributed by atoms with E-state index in [9.17, 15) is 4.79 Å². The van der Waals surface area contributed by atoms with Crippen molar-refractivity contribution < 1.29 is 15.0 Å². The zero-order valence-electron chi connectivity index (χ0n) is 25.2. The summed E-state index contributed by atoms with van der Waals surface area (Å²) in [6.45, 7) is 6.33. The van der Waals surface area contributed by atoms with Crippen molar-refractivity contribution in [1.29, 1.82) is 0 Å². The van der Waals surface area contributed by atoms with Crippen LogP contribution in [-0.2, 0) is 19.6 Å². The lowest BCUT2D eigenvalue weighted by Gasteiger charge is -2.32. The molecule has 1 aromatic heterocycles. The van der Waals surface area contributed by atoms with Crippen molar-refractivity contribution in [2.45, 2.75) is 45.4 Å². The van der Waals surface area contributed by atoms with Gasteiger partial charge in [-0.1, -0.05) is 91.0 Å². The Morgan fingerprint density at radius 2 is 1.41 bits per heavy atom. The molecule has 0 radical (unpaired) electrons. The van der Waals surface area contributed by atoms with Crippen LogP contribution in [0.1, 0.15) is 45.6 Å². The highest BCUT2D eigenvalue weighted by Gasteiger charge is 2.25. The summed E-state index contributed by atoms with van der Waals surface area (Å²) in [5.74, 6) is 0.774. The number of benzene rings is 4. The van der Waals surface area contributed by atoms with Crippen molar-refractivity contribution in [1.82, 2.24) is 14.8 Å². The summed E-state index contributed by atoms with van der Waals surface area (Å²) in [6, 6.07) is 37.6. The zero-order valence-corrected chi connectivity index (χ0v) is 26.1. The molecule has 2 heterocycles. The van der Waals surface area contributed by atoms with Crippen molar-refractivity contribution in [3.63, 3.8) is 0 Å². The van der Waals surface area contributed by atoms with Crippen LogP contribution < -0.4 is 10.1 Å². The van der Waals surface area contributed by atoms with Gasteiger partial charge in [0.25, 0.3) is 5.91 Å². The van der Waals surface area contributed by atoms with E-state index in [1.807, 2.05) is 36.4 Å². The van der Waals surface area contributed by atoms with Crippen molar-refractivity contribution >= 4 is 29.2 Å². The number of nitrogens with zero attached hydrogens (tertiary/aromatic N) is 2. The molecule has 7 heteroatoms. The lowest BCUT2D eigenvalue weighted by atomic mass is 10.0. The first kappa shape index (κ1) is 32.8. The monoisotopic (exact) mass is 611 g/mol. The second kappa shape index (κ2) is 15.6. The van der Waals surface area contributed by atoms with Crippen molar-refractivity contribution in [3.05, 3.63) is 137 Å². The molecule has 5 aromatic rings. The number of hydrogen-bond donors (Lipinski definition) is 1. The fourth-order valence-electron chi connectivity index (χ4n) is 6.04. The largest absolute Gasteiger partial charge is 0.489 e. The molecule has 1 saturated heterocycles. The van der Waals surface area contributed by atoms with Gasteiger partial charge in [0.2, 0.25) is 0 Å². The van der Waals surface area contributed by atoms with Crippen LogP contribution in [0.4, 0.5) is 0 Å². The van der Waals surface area contributed by atoms with E-state index in [0.29, 0.717) is 13.2 Å². The van der Waals surface area contributed by atoms with Crippen LogP contribution in [0.25, 0.3) is 10.9 Å². The van der Waals surface area contributed by atoms with Gasteiger partial charge in [-0.2, -0.15) is 0 Å². The van der Waals surface area contributed by atoms with Crippen molar-refractivity contribution in [3.8, 4) is 5.75 Å². The predicted octanol–water partition coefficient (Wildman–Crippen LogP) is 6.61. The van der Waals surface area contributed by atoms with Gasteiger partial charge in [-0.15, -0.1) is 12.4 Å². The minimum absolute atomic E-state index is 0. The third kappa shape index (κ3) is 7.88. The molecule has 0 unspecified atom stereocenters. The van der Waals surface area contributed by atoms with E-state index in [4.69, 9.17) is 4.74 Å². The van der Waals surface area contributed by atoms with Crippen LogP contribution in [-0.4, -0.2) is 46.5 Å². The Morgan fingerprint density at radius 3 is 2.05 bits per heavy atom. The third-order valence-corrected chi connectivity index (χ3v) is 8.44. The Bertz CT molecular complexity index is 1620. The van der Waals surface area contributed by atoms with Crippen LogP contribution in [0.3, 0.4) is 0 Å². The van der Waals surface area contributed by atoms with E-state index >= 15 is 0 Å². The van der Waals surface area contributed by atoms with Gasteiger partial charge in [-0.25, -0.2) is 0 Å². The van der Waals surface area contributed by atoms with E-state index in [2.05, 4.69) is 94.5 Å². The number of piperidine rings is 1. The SMILES string of the molecule is Cc1c(C(=O)NC2CCN(CCc3ccccc3)CC2)c2cc(OCc3ccccc3)ccc2n1Cc1ccccc1.Cl.O. The van der Waals surface area contributed by atoms with E-state index in [1.165, 1.54) is 11.1 Å². The number of nitrogens with one attached hydrogen (secondary N) is 1. The Kier molecular flexibility index (Phi) is 11.6. The van der Waals surface area contributed by atoms with E-state index in [0.717, 1.165) is 72.4 Å². The summed E-state index contributed by atoms with van der Waals surface area (Å²) in [5, 5.41) is 4.33. The van der Waals surface area contributed by atoms with Gasteiger partial charge >= 0.3 is 0 Å². The standard InChI is InChI=1S/C37H39N3O2.ClH.H2O/c1-28-36(37(41)38-32-20-23-39(24-21-32)22-19-29-11-5-2-6-12-29)34-25-33(42-27-31-15-9-4-10-16-31)17-18-35(34)40(28)26-30-13-7-3-8-14-30;;/h2-18,25,32H,19-24,26-27H2,1H3,(H,38,41);1H;1H2. The molecule has 3 N–H and O–H groups in total. The molecule has 44 heavy (non-hydrogen) atoms. The molecule has 0 aliphatic carbocycles. The molecule has 6 nitrogen and oxygen atoms in total. The quantitative estimate of drug-likeness (QED) is 0.193. The molecule has 1 aliphatic heterocycles. The van der Waals surface area contributed by atoms with E-state index in [-0.39, 0.29) is 29.8 Å². The van der Waals surface area contributed by atoms with Crippen LogP contribution in [0.2, 0.25) is 0 Å². The van der Waals surface area contributed by atoms with Gasteiger partial charge in [-0.05, 0) is 61.1 Å². The Balaban J connectivity index is 0.00000221. The number of likely N-dealkylation sites (tertiary alicyclic amines) is 1. The van der Waals surface area contributed by atoms with Gasteiger partial charge in [0, 0.05) is 48.8 Å². The Morgan fingerprint density at radius 1 is 0.818 bits per heavy atom. The molecule has 6 rings (SSSR count). The minimum Gasteiger partial charge on any atom is -0.489 e. The average Bonchev–Trinajstić information content (AvgIpc) is 3.31. The normalized spacial score (nSPS) is 13.6. The van der Waals surface area contributed by atoms with Gasteiger partial charge in [-0.3, -0.25) is 4.79 Å². The number of aromatic nitrogens is 1. The molecule has 0 spiro atoms. The Labute approximate surface area is 266 Å². The number of rotatable bonds is 10. The highest BCUT2D eigenvalue weighted by atomic mass is 35.5. The summed E-state index contributed by atoms with van der Waals surface area (Å²) in [7, 11) is 0. The minimum atomic E-state index is 0. The maximum atomic E-state index is 13.9. The second-order valence-electron chi connectivity index (χ2n) is 11.3. The number of carbonyl (C=O) groups excluding carboxylic acids is 1. The van der Waals surface area contributed by atoms with E-state index < -0.39 is 0 Å². The summed E-state index contributed by atoms with van der Waals surface area (Å²) in [6.07, 6.45) is 2.99. The summed E-state index contributed by atoms with van der Waals surface area (Å²) < 4.78 is 8.43. The van der Waals surface area contributed by atoms with Gasteiger partial charge in [0.05, 0.1) is 5.56 Å². The first-order valence-electron chi connectivity index (χ1n) is 15.0. The third-order valence-electron chi connectivity index (χ3n) is 8.44. The summed E-state index contributed by atoms with van der Waals surface area (Å²) in [4.78, 5) is 16.4. The zero-order chi connectivity index (χ0) is 28.7. The molecule has 0 bridgehead atoms. The highest BCUT2D eigenvalue weighted by Crippen LogP contribution is 2.31. The molecular weight excluding hydrogens is 570 g/mol. The molecule has 230 valence electrons. The van der Waals surface area contributed by atoms with Gasteiger partial charge in [0.1, 0.15) is 12.4 Å².